The predicted molar refractivity (Wildman–Crippen MR) is 59.5 cm³/mol. The molecule has 0 heterocycles. The Morgan fingerprint density at radius 2 is 2.07 bits per heavy atom. The molecule has 0 spiro atoms. The first-order valence-electron chi connectivity index (χ1n) is 5.57. The van der Waals surface area contributed by atoms with Gasteiger partial charge in [-0.05, 0) is 18.8 Å². The van der Waals surface area contributed by atoms with Crippen molar-refractivity contribution in [2.75, 3.05) is 5.88 Å². The molecule has 2 nitrogen and oxygen atoms in total. The molecule has 82 valence electrons. The van der Waals surface area contributed by atoms with Gasteiger partial charge in [0.15, 0.2) is 0 Å². The van der Waals surface area contributed by atoms with E-state index in [0.717, 1.165) is 12.8 Å². The van der Waals surface area contributed by atoms with Crippen LogP contribution in [-0.2, 0) is 4.79 Å². The van der Waals surface area contributed by atoms with Gasteiger partial charge in [-0.15, -0.1) is 11.6 Å². The molecule has 1 rings (SSSR count). The first kappa shape index (κ1) is 11.8. The second-order valence-corrected chi connectivity index (χ2v) is 4.67. The molecule has 3 heteroatoms. The summed E-state index contributed by atoms with van der Waals surface area (Å²) in [6.07, 6.45) is 6.72. The molecule has 0 aromatic carbocycles. The second-order valence-electron chi connectivity index (χ2n) is 4.37. The molecule has 1 fully saturated rings. The number of carbonyl (C=O) groups excluding carboxylic acids is 1. The van der Waals surface area contributed by atoms with Crippen LogP contribution in [0, 0.1) is 5.92 Å². The van der Waals surface area contributed by atoms with Gasteiger partial charge in [-0.2, -0.15) is 0 Å². The molecule has 1 aliphatic carbocycles. The van der Waals surface area contributed by atoms with Crippen molar-refractivity contribution < 1.29 is 4.79 Å². The van der Waals surface area contributed by atoms with Crippen molar-refractivity contribution in [1.29, 1.82) is 0 Å². The lowest BCUT2D eigenvalue weighted by Crippen LogP contribution is -2.36. The highest BCUT2D eigenvalue weighted by molar-refractivity contribution is 6.18. The Hall–Kier alpha value is -0.240. The third-order valence-corrected chi connectivity index (χ3v) is 3.29. The number of rotatable bonds is 4. The van der Waals surface area contributed by atoms with Crippen LogP contribution in [0.25, 0.3) is 0 Å². The van der Waals surface area contributed by atoms with E-state index in [9.17, 15) is 4.79 Å². The van der Waals surface area contributed by atoms with Gasteiger partial charge in [0.1, 0.15) is 0 Å². The first-order valence-corrected chi connectivity index (χ1v) is 6.11. The zero-order chi connectivity index (χ0) is 10.4. The SMILES string of the molecule is CC(CCl)CC(=O)NC1CCCCC1. The van der Waals surface area contributed by atoms with Crippen LogP contribution in [0.2, 0.25) is 0 Å². The minimum atomic E-state index is 0.171. The van der Waals surface area contributed by atoms with Crippen molar-refractivity contribution in [2.45, 2.75) is 51.5 Å². The monoisotopic (exact) mass is 217 g/mol. The molecule has 0 aliphatic heterocycles. The van der Waals surface area contributed by atoms with Gasteiger partial charge in [-0.25, -0.2) is 0 Å². The van der Waals surface area contributed by atoms with E-state index in [-0.39, 0.29) is 5.91 Å². The lowest BCUT2D eigenvalue weighted by Gasteiger charge is -2.23. The molecule has 1 saturated carbocycles. The summed E-state index contributed by atoms with van der Waals surface area (Å²) in [6.45, 7) is 2.01. The summed E-state index contributed by atoms with van der Waals surface area (Å²) < 4.78 is 0. The van der Waals surface area contributed by atoms with Gasteiger partial charge < -0.3 is 5.32 Å². The fourth-order valence-electron chi connectivity index (χ4n) is 1.90. The van der Waals surface area contributed by atoms with Gasteiger partial charge in [0.2, 0.25) is 5.91 Å². The van der Waals surface area contributed by atoms with E-state index >= 15 is 0 Å². The van der Waals surface area contributed by atoms with Crippen molar-refractivity contribution >= 4 is 17.5 Å². The van der Waals surface area contributed by atoms with Crippen molar-refractivity contribution in [3.05, 3.63) is 0 Å². The molecule has 1 amide bonds. The zero-order valence-corrected chi connectivity index (χ0v) is 9.65. The summed E-state index contributed by atoms with van der Waals surface area (Å²) in [4.78, 5) is 11.5. The lowest BCUT2D eigenvalue weighted by molar-refractivity contribution is -0.122. The average Bonchev–Trinajstić information content (AvgIpc) is 2.19. The van der Waals surface area contributed by atoms with E-state index in [1.54, 1.807) is 0 Å². The summed E-state index contributed by atoms with van der Waals surface area (Å²) >= 11 is 5.66. The molecule has 14 heavy (non-hydrogen) atoms. The summed E-state index contributed by atoms with van der Waals surface area (Å²) in [5, 5.41) is 3.09. The molecule has 0 bridgehead atoms. The number of hydrogen-bond donors (Lipinski definition) is 1. The Bertz CT molecular complexity index is 178. The van der Waals surface area contributed by atoms with Crippen molar-refractivity contribution in [3.63, 3.8) is 0 Å². The van der Waals surface area contributed by atoms with Crippen LogP contribution in [0.1, 0.15) is 45.4 Å². The molecule has 1 aliphatic rings. The Morgan fingerprint density at radius 1 is 1.43 bits per heavy atom. The number of halogens is 1. The van der Waals surface area contributed by atoms with Gasteiger partial charge in [0.25, 0.3) is 0 Å². The molecule has 0 aromatic rings. The van der Waals surface area contributed by atoms with Gasteiger partial charge >= 0.3 is 0 Å². The molecular formula is C11H20ClNO. The van der Waals surface area contributed by atoms with Crippen LogP contribution >= 0.6 is 11.6 Å². The van der Waals surface area contributed by atoms with Crippen molar-refractivity contribution in [1.82, 2.24) is 5.32 Å². The Labute approximate surface area is 91.4 Å². The Balaban J connectivity index is 2.18. The summed E-state index contributed by atoms with van der Waals surface area (Å²) in [5.74, 6) is 1.03. The Morgan fingerprint density at radius 3 is 2.64 bits per heavy atom. The van der Waals surface area contributed by atoms with Gasteiger partial charge in [-0.3, -0.25) is 4.79 Å². The van der Waals surface area contributed by atoms with E-state index in [0.29, 0.717) is 24.3 Å². The highest BCUT2D eigenvalue weighted by Crippen LogP contribution is 2.17. The Kier molecular flexibility index (Phi) is 5.31. The third-order valence-electron chi connectivity index (χ3n) is 2.77. The number of alkyl halides is 1. The average molecular weight is 218 g/mol. The fraction of sp³-hybridized carbons (Fsp3) is 0.909. The third kappa shape index (κ3) is 4.32. The normalized spacial score (nSPS) is 20.4. The minimum Gasteiger partial charge on any atom is -0.353 e. The number of amides is 1. The maximum atomic E-state index is 11.5. The van der Waals surface area contributed by atoms with E-state index in [1.807, 2.05) is 6.92 Å². The van der Waals surface area contributed by atoms with Crippen molar-refractivity contribution in [3.8, 4) is 0 Å². The van der Waals surface area contributed by atoms with Crippen LogP contribution in [0.3, 0.4) is 0 Å². The summed E-state index contributed by atoms with van der Waals surface area (Å²) in [7, 11) is 0. The molecule has 1 unspecified atom stereocenters. The fourth-order valence-corrected chi connectivity index (χ4v) is 2.01. The smallest absolute Gasteiger partial charge is 0.220 e. The van der Waals surface area contributed by atoms with E-state index in [2.05, 4.69) is 5.32 Å². The zero-order valence-electron chi connectivity index (χ0n) is 8.89. The van der Waals surface area contributed by atoms with Gasteiger partial charge in [0, 0.05) is 18.3 Å². The number of nitrogens with one attached hydrogen (secondary N) is 1. The maximum Gasteiger partial charge on any atom is 0.220 e. The molecule has 0 saturated heterocycles. The largest absolute Gasteiger partial charge is 0.353 e. The molecular weight excluding hydrogens is 198 g/mol. The standard InChI is InChI=1S/C11H20ClNO/c1-9(8-12)7-11(14)13-10-5-3-2-4-6-10/h9-10H,2-8H2,1H3,(H,13,14). The van der Waals surface area contributed by atoms with Crippen LogP contribution in [0.4, 0.5) is 0 Å². The highest BCUT2D eigenvalue weighted by atomic mass is 35.5. The van der Waals surface area contributed by atoms with Crippen molar-refractivity contribution in [2.24, 2.45) is 5.92 Å². The van der Waals surface area contributed by atoms with Gasteiger partial charge in [-0.1, -0.05) is 26.2 Å². The van der Waals surface area contributed by atoms with Crippen LogP contribution in [0.15, 0.2) is 0 Å². The number of carbonyl (C=O) groups is 1. The highest BCUT2D eigenvalue weighted by Gasteiger charge is 2.16. The lowest BCUT2D eigenvalue weighted by atomic mass is 9.95. The molecule has 1 N–H and O–H groups in total. The summed E-state index contributed by atoms with van der Waals surface area (Å²) in [5.41, 5.74) is 0. The quantitative estimate of drug-likeness (QED) is 0.721. The van der Waals surface area contributed by atoms with E-state index in [4.69, 9.17) is 11.6 Å². The number of hydrogen-bond acceptors (Lipinski definition) is 1. The molecule has 0 radical (unpaired) electrons. The van der Waals surface area contributed by atoms with Crippen LogP contribution < -0.4 is 5.32 Å². The van der Waals surface area contributed by atoms with Gasteiger partial charge in [0.05, 0.1) is 0 Å². The van der Waals surface area contributed by atoms with Crippen LogP contribution in [0.5, 0.6) is 0 Å². The van der Waals surface area contributed by atoms with Crippen LogP contribution in [-0.4, -0.2) is 17.8 Å². The predicted octanol–water partition coefficient (Wildman–Crippen LogP) is 2.70. The maximum absolute atomic E-state index is 11.5. The summed E-state index contributed by atoms with van der Waals surface area (Å²) in [6, 6.07) is 0.429. The minimum absolute atomic E-state index is 0.171. The van der Waals surface area contributed by atoms with E-state index < -0.39 is 0 Å². The van der Waals surface area contributed by atoms with E-state index in [1.165, 1.54) is 19.3 Å². The second kappa shape index (κ2) is 6.28. The molecule has 1 atom stereocenters. The molecule has 0 aromatic heterocycles. The first-order chi connectivity index (χ1) is 6.72. The topological polar surface area (TPSA) is 29.1 Å².